The van der Waals surface area contributed by atoms with Crippen molar-refractivity contribution in [2.24, 2.45) is 0 Å². The lowest BCUT2D eigenvalue weighted by Gasteiger charge is -1.95. The smallest absolute Gasteiger partial charge is 0.274 e. The maximum absolute atomic E-state index is 11.3. The molecule has 1 amide bonds. The molecule has 1 N–H and O–H groups in total. The monoisotopic (exact) mass is 179 g/mol. The Kier molecular flexibility index (Phi) is 2.65. The third-order valence-corrected chi connectivity index (χ3v) is 1.45. The third-order valence-electron chi connectivity index (χ3n) is 1.45. The zero-order valence-corrected chi connectivity index (χ0v) is 7.42. The number of carbonyl (C=O) groups excluding carboxylic acids is 1. The van der Waals surface area contributed by atoms with Gasteiger partial charge in [-0.1, -0.05) is 0 Å². The second-order valence-corrected chi connectivity index (χ2v) is 2.48. The summed E-state index contributed by atoms with van der Waals surface area (Å²) in [6.45, 7) is 3.29. The summed E-state index contributed by atoms with van der Waals surface area (Å²) in [7, 11) is 0. The van der Waals surface area contributed by atoms with Gasteiger partial charge in [0.05, 0.1) is 6.07 Å². The number of rotatable bonds is 2. The number of nitrogens with zero attached hydrogens (tertiary/aromatic N) is 2. The number of aromatic nitrogens is 1. The minimum absolute atomic E-state index is 0.0236. The Bertz CT molecular complexity index is 362. The first kappa shape index (κ1) is 9.26. The second-order valence-electron chi connectivity index (χ2n) is 2.48. The van der Waals surface area contributed by atoms with E-state index >= 15 is 0 Å². The van der Waals surface area contributed by atoms with Gasteiger partial charge in [-0.05, 0) is 6.92 Å². The fraction of sp³-hybridized carbons (Fsp3) is 0.375. The van der Waals surface area contributed by atoms with Gasteiger partial charge in [0.2, 0.25) is 0 Å². The molecule has 0 aliphatic rings. The maximum atomic E-state index is 11.3. The van der Waals surface area contributed by atoms with Crippen LogP contribution in [0.2, 0.25) is 0 Å². The lowest BCUT2D eigenvalue weighted by atomic mass is 10.3. The van der Waals surface area contributed by atoms with Crippen LogP contribution in [-0.4, -0.2) is 17.4 Å². The Balaban J connectivity index is 2.78. The quantitative estimate of drug-likeness (QED) is 0.672. The summed E-state index contributed by atoms with van der Waals surface area (Å²) >= 11 is 0. The van der Waals surface area contributed by atoms with Gasteiger partial charge in [0.25, 0.3) is 5.91 Å². The van der Waals surface area contributed by atoms with E-state index in [0.29, 0.717) is 11.7 Å². The number of nitrogens with one attached hydrogen (secondary N) is 1. The Morgan fingerprint density at radius 1 is 1.69 bits per heavy atom. The van der Waals surface area contributed by atoms with Gasteiger partial charge in [-0.2, -0.15) is 5.26 Å². The van der Waals surface area contributed by atoms with Crippen molar-refractivity contribution in [2.75, 3.05) is 6.54 Å². The van der Waals surface area contributed by atoms with Crippen molar-refractivity contribution in [2.45, 2.75) is 13.8 Å². The highest BCUT2D eigenvalue weighted by molar-refractivity contribution is 5.93. The van der Waals surface area contributed by atoms with Gasteiger partial charge in [-0.3, -0.25) is 4.79 Å². The second kappa shape index (κ2) is 3.72. The summed E-state index contributed by atoms with van der Waals surface area (Å²) in [5.41, 5.74) is 0.243. The molecule has 0 aromatic carbocycles. The average molecular weight is 179 g/mol. The first-order valence-electron chi connectivity index (χ1n) is 3.74. The Hall–Kier alpha value is -1.83. The van der Waals surface area contributed by atoms with Gasteiger partial charge in [-0.25, -0.2) is 4.98 Å². The van der Waals surface area contributed by atoms with Crippen LogP contribution < -0.4 is 5.32 Å². The summed E-state index contributed by atoms with van der Waals surface area (Å²) in [6.07, 6.45) is 0. The van der Waals surface area contributed by atoms with Crippen LogP contribution in [0.3, 0.4) is 0 Å². The third kappa shape index (κ3) is 2.06. The number of aryl methyl sites for hydroxylation is 2. The highest BCUT2D eigenvalue weighted by Gasteiger charge is 2.14. The van der Waals surface area contributed by atoms with Crippen LogP contribution in [-0.2, 0) is 0 Å². The SMILES string of the molecule is Cc1nc(C(=O)NCC#N)c(C)o1. The van der Waals surface area contributed by atoms with E-state index in [1.165, 1.54) is 0 Å². The number of carbonyl (C=O) groups is 1. The van der Waals surface area contributed by atoms with E-state index in [0.717, 1.165) is 0 Å². The lowest BCUT2D eigenvalue weighted by Crippen LogP contribution is -2.24. The molecule has 1 aromatic heterocycles. The molecule has 5 heteroatoms. The van der Waals surface area contributed by atoms with Gasteiger partial charge in [0.15, 0.2) is 11.6 Å². The van der Waals surface area contributed by atoms with Crippen molar-refractivity contribution in [3.63, 3.8) is 0 Å². The van der Waals surface area contributed by atoms with Gasteiger partial charge >= 0.3 is 0 Å². The number of hydrogen-bond donors (Lipinski definition) is 1. The number of nitriles is 1. The molecule has 0 aliphatic carbocycles. The molecule has 1 aromatic rings. The van der Waals surface area contributed by atoms with Crippen LogP contribution in [0, 0.1) is 25.2 Å². The molecule has 0 unspecified atom stereocenters. The molecule has 0 saturated heterocycles. The van der Waals surface area contributed by atoms with Gasteiger partial charge in [0, 0.05) is 6.92 Å². The predicted molar refractivity (Wildman–Crippen MR) is 43.9 cm³/mol. The fourth-order valence-corrected chi connectivity index (χ4v) is 0.943. The van der Waals surface area contributed by atoms with Crippen molar-refractivity contribution >= 4 is 5.91 Å². The van der Waals surface area contributed by atoms with E-state index in [-0.39, 0.29) is 18.1 Å². The zero-order valence-electron chi connectivity index (χ0n) is 7.42. The topological polar surface area (TPSA) is 78.9 Å². The molecule has 68 valence electrons. The van der Waals surface area contributed by atoms with Crippen LogP contribution in [0.1, 0.15) is 22.1 Å². The fourth-order valence-electron chi connectivity index (χ4n) is 0.943. The highest BCUT2D eigenvalue weighted by Crippen LogP contribution is 2.07. The predicted octanol–water partition coefficient (Wildman–Crippen LogP) is 0.545. The molecule has 5 nitrogen and oxygen atoms in total. The van der Waals surface area contributed by atoms with E-state index < -0.39 is 0 Å². The molecule has 0 bridgehead atoms. The summed E-state index contributed by atoms with van der Waals surface area (Å²) < 4.78 is 5.06. The molecular weight excluding hydrogens is 170 g/mol. The van der Waals surface area contributed by atoms with Crippen molar-refractivity contribution in [3.05, 3.63) is 17.3 Å². The van der Waals surface area contributed by atoms with E-state index in [1.807, 2.05) is 0 Å². The van der Waals surface area contributed by atoms with Crippen LogP contribution in [0.5, 0.6) is 0 Å². The largest absolute Gasteiger partial charge is 0.445 e. The van der Waals surface area contributed by atoms with Gasteiger partial charge in [-0.15, -0.1) is 0 Å². The number of hydrogen-bond acceptors (Lipinski definition) is 4. The van der Waals surface area contributed by atoms with Crippen LogP contribution >= 0.6 is 0 Å². The average Bonchev–Trinajstić information content (AvgIpc) is 2.41. The summed E-state index contributed by atoms with van der Waals surface area (Å²) in [6, 6.07) is 1.80. The lowest BCUT2D eigenvalue weighted by molar-refractivity contribution is 0.0952. The van der Waals surface area contributed by atoms with Crippen molar-refractivity contribution in [1.82, 2.24) is 10.3 Å². The van der Waals surface area contributed by atoms with E-state index in [2.05, 4.69) is 10.3 Å². The van der Waals surface area contributed by atoms with Crippen LogP contribution in [0.25, 0.3) is 0 Å². The Morgan fingerprint density at radius 2 is 2.38 bits per heavy atom. The summed E-state index contributed by atoms with van der Waals surface area (Å²) in [5, 5.41) is 10.6. The molecule has 0 spiro atoms. The van der Waals surface area contributed by atoms with Crippen LogP contribution in [0.15, 0.2) is 4.42 Å². The normalized spacial score (nSPS) is 9.31. The molecule has 1 heterocycles. The molecule has 0 fully saturated rings. The number of amides is 1. The number of oxazole rings is 1. The molecule has 1 rings (SSSR count). The molecule has 0 saturated carbocycles. The van der Waals surface area contributed by atoms with Gasteiger partial charge in [0.1, 0.15) is 12.3 Å². The van der Waals surface area contributed by atoms with Crippen molar-refractivity contribution in [3.8, 4) is 6.07 Å². The minimum atomic E-state index is -0.379. The molecule has 13 heavy (non-hydrogen) atoms. The van der Waals surface area contributed by atoms with E-state index in [1.54, 1.807) is 19.9 Å². The standard InChI is InChI=1S/C8H9N3O2/c1-5-7(11-6(2)13-5)8(12)10-4-3-9/h4H2,1-2H3,(H,10,12). The molecular formula is C8H9N3O2. The first-order valence-corrected chi connectivity index (χ1v) is 3.74. The van der Waals surface area contributed by atoms with Crippen LogP contribution in [0.4, 0.5) is 0 Å². The van der Waals surface area contributed by atoms with Crippen molar-refractivity contribution in [1.29, 1.82) is 5.26 Å². The first-order chi connectivity index (χ1) is 6.15. The Morgan fingerprint density at radius 3 is 2.85 bits per heavy atom. The molecule has 0 atom stereocenters. The van der Waals surface area contributed by atoms with E-state index in [4.69, 9.17) is 9.68 Å². The summed E-state index contributed by atoms with van der Waals surface area (Å²) in [4.78, 5) is 15.1. The maximum Gasteiger partial charge on any atom is 0.274 e. The van der Waals surface area contributed by atoms with Crippen molar-refractivity contribution < 1.29 is 9.21 Å². The minimum Gasteiger partial charge on any atom is -0.445 e. The zero-order chi connectivity index (χ0) is 9.84. The molecule has 0 radical (unpaired) electrons. The van der Waals surface area contributed by atoms with Gasteiger partial charge < -0.3 is 9.73 Å². The highest BCUT2D eigenvalue weighted by atomic mass is 16.4. The van der Waals surface area contributed by atoms with E-state index in [9.17, 15) is 4.79 Å². The Labute approximate surface area is 75.4 Å². The summed E-state index contributed by atoms with van der Waals surface area (Å²) in [5.74, 6) is 0.531. The molecule has 0 aliphatic heterocycles.